The number of benzene rings is 2. The number of nitrogens with one attached hydrogen (secondary N) is 1. The fourth-order valence-corrected chi connectivity index (χ4v) is 5.28. The quantitative estimate of drug-likeness (QED) is 0.188. The van der Waals surface area contributed by atoms with E-state index < -0.39 is 18.0 Å². The van der Waals surface area contributed by atoms with Crippen LogP contribution < -0.4 is 14.8 Å². The van der Waals surface area contributed by atoms with Crippen LogP contribution in [-0.2, 0) is 4.74 Å². The van der Waals surface area contributed by atoms with Crippen molar-refractivity contribution in [3.05, 3.63) is 63.7 Å². The molecule has 39 heavy (non-hydrogen) atoms. The lowest BCUT2D eigenvalue weighted by Crippen LogP contribution is -2.25. The number of amides is 1. The van der Waals surface area contributed by atoms with Gasteiger partial charge in [0.2, 0.25) is 5.88 Å². The molecule has 3 heterocycles. The van der Waals surface area contributed by atoms with E-state index in [1.54, 1.807) is 19.1 Å². The topological polar surface area (TPSA) is 108 Å². The summed E-state index contributed by atoms with van der Waals surface area (Å²) in [4.78, 5) is 29.8. The Hall–Kier alpha value is -3.61. The fourth-order valence-electron chi connectivity index (χ4n) is 3.73. The van der Waals surface area contributed by atoms with Gasteiger partial charge in [-0.15, -0.1) is 11.3 Å². The molecule has 1 N–H and O–H groups in total. The van der Waals surface area contributed by atoms with Crippen molar-refractivity contribution >= 4 is 71.9 Å². The van der Waals surface area contributed by atoms with Crippen molar-refractivity contribution in [3.8, 4) is 22.2 Å². The molecule has 0 bridgehead atoms. The molecule has 13 heteroatoms. The minimum Gasteiger partial charge on any atom is -0.487 e. The number of hydrogen-bond acceptors (Lipinski definition) is 9. The van der Waals surface area contributed by atoms with E-state index >= 15 is 4.39 Å². The van der Waals surface area contributed by atoms with Gasteiger partial charge in [-0.25, -0.2) is 29.1 Å². The molecule has 0 aliphatic heterocycles. The zero-order chi connectivity index (χ0) is 27.7. The molecule has 5 rings (SSSR count). The van der Waals surface area contributed by atoms with E-state index in [2.05, 4.69) is 41.2 Å². The van der Waals surface area contributed by atoms with Crippen LogP contribution in [0.1, 0.15) is 12.5 Å². The highest BCUT2D eigenvalue weighted by Gasteiger charge is 2.21. The number of methoxy groups -OCH3 is 1. The first-order valence-corrected chi connectivity index (χ1v) is 13.5. The van der Waals surface area contributed by atoms with Crippen molar-refractivity contribution in [1.82, 2.24) is 19.9 Å². The third-order valence-electron chi connectivity index (χ3n) is 5.50. The van der Waals surface area contributed by atoms with Crippen LogP contribution in [0.25, 0.3) is 31.8 Å². The zero-order valence-electron chi connectivity index (χ0n) is 20.8. The van der Waals surface area contributed by atoms with Crippen LogP contribution in [-0.4, -0.2) is 45.8 Å². The summed E-state index contributed by atoms with van der Waals surface area (Å²) >= 11 is 10.9. The van der Waals surface area contributed by atoms with Gasteiger partial charge in [0.25, 0.3) is 0 Å². The number of carbonyl (C=O) groups is 1. The smallest absolute Gasteiger partial charge is 0.412 e. The van der Waals surface area contributed by atoms with Crippen molar-refractivity contribution in [1.29, 1.82) is 0 Å². The summed E-state index contributed by atoms with van der Waals surface area (Å²) < 4.78 is 32.5. The average Bonchev–Trinajstić information content (AvgIpc) is 3.34. The Morgan fingerprint density at radius 3 is 2.74 bits per heavy atom. The number of aryl methyl sites for hydroxylation is 1. The van der Waals surface area contributed by atoms with Gasteiger partial charge in [0, 0.05) is 11.6 Å². The minimum atomic E-state index is -0.753. The molecule has 5 aromatic rings. The first kappa shape index (κ1) is 27.0. The first-order chi connectivity index (χ1) is 18.7. The predicted octanol–water partition coefficient (Wildman–Crippen LogP) is 7.19. The Labute approximate surface area is 239 Å². The lowest BCUT2D eigenvalue weighted by atomic mass is 10.1. The number of fused-ring (bicyclic) bond motifs is 2. The van der Waals surface area contributed by atoms with Crippen LogP contribution in [0.15, 0.2) is 47.3 Å². The molecule has 3 aromatic heterocycles. The van der Waals surface area contributed by atoms with Crippen LogP contribution >= 0.6 is 38.9 Å². The standard InChI is InChI=1S/C26H20BrClFN5O4S/c1-12-6-15(23-16(7-12)33-20(36-3)10-31-23)25-34-24-18(39-25)8-17(22(29)21(24)28)37-11-13(2)38-26(35)32-14-4-5-19(27)30-9-14/h4-10,13H,11H2,1-3H3,(H,32,35)/t13-/m1/s1. The SMILES string of the molecule is COc1cnc2c(-c3nc4c(Cl)c(F)c(OC[C@@H](C)OC(=O)Nc5ccc(Br)nc5)cc4s3)cc(C)cc2n1. The maximum Gasteiger partial charge on any atom is 0.412 e. The number of carbonyl (C=O) groups excluding carboxylic acids is 1. The van der Waals surface area contributed by atoms with Gasteiger partial charge in [0.15, 0.2) is 11.6 Å². The summed E-state index contributed by atoms with van der Waals surface area (Å²) in [5.41, 5.74) is 3.76. The lowest BCUT2D eigenvalue weighted by molar-refractivity contribution is 0.0844. The maximum atomic E-state index is 15.1. The fraction of sp³-hybridized carbons (Fsp3) is 0.192. The Bertz CT molecular complexity index is 1700. The summed E-state index contributed by atoms with van der Waals surface area (Å²) in [7, 11) is 1.53. The number of thiazole rings is 1. The number of aromatic nitrogens is 4. The van der Waals surface area contributed by atoms with Gasteiger partial charge in [-0.1, -0.05) is 11.6 Å². The molecule has 0 radical (unpaired) electrons. The van der Waals surface area contributed by atoms with Crippen LogP contribution in [0.3, 0.4) is 0 Å². The summed E-state index contributed by atoms with van der Waals surface area (Å²) in [6, 6.07) is 8.72. The third kappa shape index (κ3) is 5.87. The normalized spacial score (nSPS) is 11.9. The number of pyridine rings is 1. The molecule has 0 aliphatic rings. The molecule has 0 spiro atoms. The van der Waals surface area contributed by atoms with Gasteiger partial charge in [-0.2, -0.15) is 0 Å². The molecule has 0 saturated carbocycles. The maximum absolute atomic E-state index is 15.1. The molecule has 200 valence electrons. The van der Waals surface area contributed by atoms with Crippen LogP contribution in [0, 0.1) is 12.7 Å². The van der Waals surface area contributed by atoms with E-state index in [1.807, 2.05) is 19.1 Å². The Morgan fingerprint density at radius 2 is 2.00 bits per heavy atom. The van der Waals surface area contributed by atoms with Gasteiger partial charge in [0.05, 0.1) is 40.9 Å². The number of nitrogens with zero attached hydrogens (tertiary/aromatic N) is 4. The van der Waals surface area contributed by atoms with Crippen molar-refractivity contribution in [2.75, 3.05) is 19.0 Å². The number of hydrogen-bond donors (Lipinski definition) is 1. The first-order valence-electron chi connectivity index (χ1n) is 11.5. The number of ether oxygens (including phenoxy) is 3. The molecular weight excluding hydrogens is 613 g/mol. The summed E-state index contributed by atoms with van der Waals surface area (Å²) in [5, 5.41) is 3.01. The van der Waals surface area contributed by atoms with Gasteiger partial charge in [-0.05, 0) is 59.6 Å². The van der Waals surface area contributed by atoms with Crippen LogP contribution in [0.5, 0.6) is 11.6 Å². The van der Waals surface area contributed by atoms with Crippen molar-refractivity contribution < 1.29 is 23.4 Å². The van der Waals surface area contributed by atoms with Gasteiger partial charge < -0.3 is 14.2 Å². The zero-order valence-corrected chi connectivity index (χ0v) is 23.9. The van der Waals surface area contributed by atoms with Gasteiger partial charge >= 0.3 is 6.09 Å². The van der Waals surface area contributed by atoms with Crippen molar-refractivity contribution in [2.24, 2.45) is 0 Å². The molecule has 9 nitrogen and oxygen atoms in total. The summed E-state index contributed by atoms with van der Waals surface area (Å²) in [6.07, 6.45) is 1.63. The van der Waals surface area contributed by atoms with Gasteiger partial charge in [0.1, 0.15) is 32.9 Å². The van der Waals surface area contributed by atoms with Crippen molar-refractivity contribution in [2.45, 2.75) is 20.0 Å². The monoisotopic (exact) mass is 631 g/mol. The Kier molecular flexibility index (Phi) is 7.78. The highest BCUT2D eigenvalue weighted by molar-refractivity contribution is 9.10. The second kappa shape index (κ2) is 11.2. The van der Waals surface area contributed by atoms with E-state index in [0.29, 0.717) is 42.4 Å². The van der Waals surface area contributed by atoms with Gasteiger partial charge in [-0.3, -0.25) is 5.32 Å². The van der Waals surface area contributed by atoms with Crippen LogP contribution in [0.4, 0.5) is 14.9 Å². The molecule has 1 atom stereocenters. The Morgan fingerprint density at radius 1 is 1.18 bits per heavy atom. The molecule has 0 saturated heterocycles. The van der Waals surface area contributed by atoms with E-state index in [1.165, 1.54) is 36.9 Å². The number of halogens is 3. The molecule has 0 fully saturated rings. The second-order valence-corrected chi connectivity index (χ2v) is 10.7. The molecule has 2 aromatic carbocycles. The van der Waals surface area contributed by atoms with Crippen LogP contribution in [0.2, 0.25) is 5.02 Å². The molecule has 1 amide bonds. The van der Waals surface area contributed by atoms with E-state index in [-0.39, 0.29) is 17.4 Å². The second-order valence-electron chi connectivity index (χ2n) is 8.48. The Balaban J connectivity index is 1.35. The lowest BCUT2D eigenvalue weighted by Gasteiger charge is -2.15. The molecule has 0 aliphatic carbocycles. The minimum absolute atomic E-state index is 0.0747. The number of anilines is 1. The molecular formula is C26H20BrClFN5O4S. The van der Waals surface area contributed by atoms with E-state index in [4.69, 9.17) is 25.8 Å². The summed E-state index contributed by atoms with van der Waals surface area (Å²) in [5.74, 6) is -0.428. The van der Waals surface area contributed by atoms with E-state index in [0.717, 1.165) is 11.1 Å². The third-order valence-corrected chi connectivity index (χ3v) is 7.35. The molecule has 0 unspecified atom stereocenters. The number of rotatable bonds is 7. The largest absolute Gasteiger partial charge is 0.487 e. The highest BCUT2D eigenvalue weighted by Crippen LogP contribution is 2.40. The predicted molar refractivity (Wildman–Crippen MR) is 151 cm³/mol. The van der Waals surface area contributed by atoms with E-state index in [9.17, 15) is 4.79 Å². The average molecular weight is 633 g/mol. The van der Waals surface area contributed by atoms with Crippen molar-refractivity contribution in [3.63, 3.8) is 0 Å². The highest BCUT2D eigenvalue weighted by atomic mass is 79.9. The summed E-state index contributed by atoms with van der Waals surface area (Å²) in [6.45, 7) is 3.47.